The highest BCUT2D eigenvalue weighted by atomic mass is 16.5. The molecule has 7 nitrogen and oxygen atoms in total. The molecule has 1 amide bonds. The van der Waals surface area contributed by atoms with Crippen molar-refractivity contribution in [1.82, 2.24) is 0 Å². The largest absolute Gasteiger partial charge is 0.493 e. The van der Waals surface area contributed by atoms with E-state index in [0.29, 0.717) is 34.0 Å². The third-order valence-electron chi connectivity index (χ3n) is 3.65. The molecule has 0 aliphatic heterocycles. The first-order chi connectivity index (χ1) is 12.5. The monoisotopic (exact) mass is 355 g/mol. The Labute approximate surface area is 148 Å². The average Bonchev–Trinajstić information content (AvgIpc) is 2.63. The Morgan fingerprint density at radius 1 is 1.15 bits per heavy atom. The van der Waals surface area contributed by atoms with Crippen molar-refractivity contribution >= 4 is 16.9 Å². The van der Waals surface area contributed by atoms with Gasteiger partial charge < -0.3 is 24.4 Å². The van der Waals surface area contributed by atoms with Crippen LogP contribution in [0.15, 0.2) is 51.7 Å². The predicted molar refractivity (Wildman–Crippen MR) is 95.0 cm³/mol. The third-order valence-corrected chi connectivity index (χ3v) is 3.65. The number of rotatable bonds is 6. The third kappa shape index (κ3) is 3.46. The summed E-state index contributed by atoms with van der Waals surface area (Å²) in [4.78, 5) is 23.6. The maximum absolute atomic E-state index is 12.8. The van der Waals surface area contributed by atoms with Gasteiger partial charge in [-0.1, -0.05) is 12.1 Å². The highest BCUT2D eigenvalue weighted by Crippen LogP contribution is 2.32. The minimum Gasteiger partial charge on any atom is -0.493 e. The summed E-state index contributed by atoms with van der Waals surface area (Å²) in [6.45, 7) is 1.37. The molecule has 0 saturated carbocycles. The minimum absolute atomic E-state index is 0.0767. The molecule has 0 fully saturated rings. The van der Waals surface area contributed by atoms with Crippen molar-refractivity contribution < 1.29 is 23.4 Å². The van der Waals surface area contributed by atoms with Gasteiger partial charge in [0.25, 0.3) is 5.91 Å². The van der Waals surface area contributed by atoms with Gasteiger partial charge in [-0.15, -0.1) is 0 Å². The zero-order chi connectivity index (χ0) is 18.7. The van der Waals surface area contributed by atoms with Crippen LogP contribution in [-0.4, -0.2) is 19.6 Å². The van der Waals surface area contributed by atoms with Crippen LogP contribution < -0.4 is 25.4 Å². The van der Waals surface area contributed by atoms with Gasteiger partial charge in [0.1, 0.15) is 17.1 Å². The Balaban J connectivity index is 2.01. The van der Waals surface area contributed by atoms with Gasteiger partial charge in [-0.3, -0.25) is 9.59 Å². The summed E-state index contributed by atoms with van der Waals surface area (Å²) in [6.07, 6.45) is 0. The maximum Gasteiger partial charge on any atom is 0.255 e. The molecule has 134 valence electrons. The van der Waals surface area contributed by atoms with Crippen molar-refractivity contribution in [3.63, 3.8) is 0 Å². The van der Waals surface area contributed by atoms with Crippen molar-refractivity contribution in [3.8, 4) is 23.0 Å². The van der Waals surface area contributed by atoms with E-state index in [1.807, 2.05) is 0 Å². The summed E-state index contributed by atoms with van der Waals surface area (Å²) in [6, 6.07) is 11.6. The molecule has 0 aliphatic carbocycles. The fourth-order valence-corrected chi connectivity index (χ4v) is 2.44. The summed E-state index contributed by atoms with van der Waals surface area (Å²) in [7, 11) is 1.52. The number of carbonyl (C=O) groups is 1. The molecule has 2 N–H and O–H groups in total. The van der Waals surface area contributed by atoms with E-state index < -0.39 is 5.91 Å². The highest BCUT2D eigenvalue weighted by molar-refractivity contribution is 5.80. The number of hydrogen-bond donors (Lipinski definition) is 1. The summed E-state index contributed by atoms with van der Waals surface area (Å²) in [5.41, 5.74) is 5.05. The SMILES string of the molecule is COc1ccccc1Oc1c(C)oc2cc(OCC(N)=O)ccc2c1=O. The van der Waals surface area contributed by atoms with Crippen LogP contribution in [0.4, 0.5) is 0 Å². The Morgan fingerprint density at radius 3 is 2.58 bits per heavy atom. The molecule has 0 saturated heterocycles. The lowest BCUT2D eigenvalue weighted by Gasteiger charge is -2.12. The van der Waals surface area contributed by atoms with Gasteiger partial charge in [-0.25, -0.2) is 0 Å². The number of carbonyl (C=O) groups excluding carboxylic acids is 1. The van der Waals surface area contributed by atoms with E-state index in [0.717, 1.165) is 0 Å². The van der Waals surface area contributed by atoms with Gasteiger partial charge in [-0.2, -0.15) is 0 Å². The second-order valence-electron chi connectivity index (χ2n) is 5.48. The standard InChI is InChI=1S/C19H17NO6/c1-11-19(26-15-6-4-3-5-14(15)23-2)18(22)13-8-7-12(9-16(13)25-11)24-10-17(20)21/h3-9H,10H2,1-2H3,(H2,20,21). The van der Waals surface area contributed by atoms with E-state index >= 15 is 0 Å². The second kappa shape index (κ2) is 7.18. The zero-order valence-corrected chi connectivity index (χ0v) is 14.3. The van der Waals surface area contributed by atoms with Crippen molar-refractivity contribution in [2.75, 3.05) is 13.7 Å². The Bertz CT molecular complexity index is 1020. The predicted octanol–water partition coefficient (Wildman–Crippen LogP) is 2.77. The summed E-state index contributed by atoms with van der Waals surface area (Å²) in [5.74, 6) is 1.07. The maximum atomic E-state index is 12.8. The van der Waals surface area contributed by atoms with Crippen LogP contribution in [0.5, 0.6) is 23.0 Å². The number of aryl methyl sites for hydroxylation is 1. The van der Waals surface area contributed by atoms with Gasteiger partial charge in [0, 0.05) is 6.07 Å². The zero-order valence-electron chi connectivity index (χ0n) is 14.3. The topological polar surface area (TPSA) is 101 Å². The van der Waals surface area contributed by atoms with Crippen LogP contribution in [0.2, 0.25) is 0 Å². The molecular weight excluding hydrogens is 338 g/mol. The van der Waals surface area contributed by atoms with Gasteiger partial charge in [0.05, 0.1) is 12.5 Å². The highest BCUT2D eigenvalue weighted by Gasteiger charge is 2.16. The second-order valence-corrected chi connectivity index (χ2v) is 5.48. The van der Waals surface area contributed by atoms with Crippen molar-refractivity contribution in [2.24, 2.45) is 5.73 Å². The number of nitrogens with two attached hydrogens (primary N) is 1. The molecule has 0 bridgehead atoms. The van der Waals surface area contributed by atoms with E-state index in [2.05, 4.69) is 0 Å². The number of fused-ring (bicyclic) bond motifs is 1. The molecule has 0 radical (unpaired) electrons. The first kappa shape index (κ1) is 17.3. The van der Waals surface area contributed by atoms with Crippen LogP contribution >= 0.6 is 0 Å². The molecule has 3 aromatic rings. The van der Waals surface area contributed by atoms with Crippen LogP contribution in [-0.2, 0) is 4.79 Å². The van der Waals surface area contributed by atoms with Crippen molar-refractivity contribution in [1.29, 1.82) is 0 Å². The molecule has 2 aromatic carbocycles. The first-order valence-electron chi connectivity index (χ1n) is 7.79. The lowest BCUT2D eigenvalue weighted by Crippen LogP contribution is -2.20. The van der Waals surface area contributed by atoms with Gasteiger partial charge in [0.2, 0.25) is 11.2 Å². The van der Waals surface area contributed by atoms with E-state index in [9.17, 15) is 9.59 Å². The van der Waals surface area contributed by atoms with Gasteiger partial charge in [-0.05, 0) is 31.2 Å². The van der Waals surface area contributed by atoms with Crippen LogP contribution in [0.3, 0.4) is 0 Å². The molecule has 0 unspecified atom stereocenters. The van der Waals surface area contributed by atoms with E-state index in [-0.39, 0.29) is 17.8 Å². The molecule has 7 heteroatoms. The lowest BCUT2D eigenvalue weighted by molar-refractivity contribution is -0.119. The van der Waals surface area contributed by atoms with Crippen molar-refractivity contribution in [2.45, 2.75) is 6.92 Å². The van der Waals surface area contributed by atoms with E-state index in [4.69, 9.17) is 24.4 Å². The number of methoxy groups -OCH3 is 1. The fraction of sp³-hybridized carbons (Fsp3) is 0.158. The van der Waals surface area contributed by atoms with Crippen molar-refractivity contribution in [3.05, 3.63) is 58.4 Å². The van der Waals surface area contributed by atoms with Crippen LogP contribution in [0.25, 0.3) is 11.0 Å². The minimum atomic E-state index is -0.594. The number of hydrogen-bond acceptors (Lipinski definition) is 6. The number of ether oxygens (including phenoxy) is 3. The molecule has 0 atom stereocenters. The molecule has 0 aliphatic rings. The quantitative estimate of drug-likeness (QED) is 0.730. The Kier molecular flexibility index (Phi) is 4.79. The van der Waals surface area contributed by atoms with E-state index in [1.165, 1.54) is 13.2 Å². The molecule has 26 heavy (non-hydrogen) atoms. The molecular formula is C19H17NO6. The summed E-state index contributed by atoms with van der Waals surface area (Å²) >= 11 is 0. The fourth-order valence-electron chi connectivity index (χ4n) is 2.44. The number of amides is 1. The smallest absolute Gasteiger partial charge is 0.255 e. The van der Waals surface area contributed by atoms with Crippen LogP contribution in [0, 0.1) is 6.92 Å². The molecule has 3 rings (SSSR count). The first-order valence-corrected chi connectivity index (χ1v) is 7.79. The lowest BCUT2D eigenvalue weighted by atomic mass is 10.2. The van der Waals surface area contributed by atoms with Crippen LogP contribution in [0.1, 0.15) is 5.76 Å². The number of benzene rings is 2. The van der Waals surface area contributed by atoms with E-state index in [1.54, 1.807) is 43.3 Å². The van der Waals surface area contributed by atoms with Gasteiger partial charge >= 0.3 is 0 Å². The van der Waals surface area contributed by atoms with Gasteiger partial charge in [0.15, 0.2) is 18.1 Å². The Morgan fingerprint density at radius 2 is 1.88 bits per heavy atom. The summed E-state index contributed by atoms with van der Waals surface area (Å²) in [5, 5.41) is 0.326. The average molecular weight is 355 g/mol. The normalized spacial score (nSPS) is 10.5. The number of para-hydroxylation sites is 2. The molecule has 1 heterocycles. The molecule has 0 spiro atoms. The Hall–Kier alpha value is -3.48. The summed E-state index contributed by atoms with van der Waals surface area (Å²) < 4.78 is 21.9. The molecule has 1 aromatic heterocycles. The number of primary amides is 1.